The van der Waals surface area contributed by atoms with Gasteiger partial charge in [0.25, 0.3) is 0 Å². The molecule has 0 saturated carbocycles. The lowest BCUT2D eigenvalue weighted by atomic mass is 9.79. The molecular formula is C42H36BNO3. The summed E-state index contributed by atoms with van der Waals surface area (Å²) in [5.74, 6) is 0. The normalized spacial score (nSPS) is 15.4. The lowest BCUT2D eigenvalue weighted by molar-refractivity contribution is 0.00578. The van der Waals surface area contributed by atoms with Crippen LogP contribution in [0.15, 0.2) is 150 Å². The van der Waals surface area contributed by atoms with E-state index < -0.39 is 18.3 Å². The summed E-state index contributed by atoms with van der Waals surface area (Å²) in [5, 5.41) is 2.26. The third-order valence-electron chi connectivity index (χ3n) is 9.75. The quantitative estimate of drug-likeness (QED) is 0.175. The standard InChI is InChI=1S/C42H36BNO3/c1-41(2)42(3,4)47-43(46-41)31-23-27-33(28-24-31)44(38-19-10-8-15-34(38)29-13-6-5-7-14-29)32-25-21-30(22-26-32)35-17-12-18-37-36-16-9-11-20-39(36)45-40(35)37/h5-28H,1-4H3. The molecule has 6 aromatic carbocycles. The Morgan fingerprint density at radius 3 is 1.77 bits per heavy atom. The summed E-state index contributed by atoms with van der Waals surface area (Å²) in [6, 6.07) is 51.0. The maximum Gasteiger partial charge on any atom is 0.494 e. The van der Waals surface area contributed by atoms with Crippen LogP contribution < -0.4 is 10.4 Å². The zero-order chi connectivity index (χ0) is 32.2. The van der Waals surface area contributed by atoms with Crippen molar-refractivity contribution < 1.29 is 13.7 Å². The van der Waals surface area contributed by atoms with E-state index in [1.54, 1.807) is 0 Å². The van der Waals surface area contributed by atoms with Crippen LogP contribution in [0.1, 0.15) is 27.7 Å². The molecule has 8 rings (SSSR count). The largest absolute Gasteiger partial charge is 0.494 e. The number of fused-ring (bicyclic) bond motifs is 3. The number of nitrogens with zero attached hydrogens (tertiary/aromatic N) is 1. The molecule has 0 radical (unpaired) electrons. The zero-order valence-electron chi connectivity index (χ0n) is 27.1. The van der Waals surface area contributed by atoms with E-state index in [9.17, 15) is 0 Å². The average Bonchev–Trinajstić information content (AvgIpc) is 3.58. The maximum absolute atomic E-state index is 6.37. The predicted molar refractivity (Wildman–Crippen MR) is 195 cm³/mol. The summed E-state index contributed by atoms with van der Waals surface area (Å²) < 4.78 is 19.1. The Balaban J connectivity index is 1.22. The van der Waals surface area contributed by atoms with Gasteiger partial charge in [-0.05, 0) is 80.7 Å². The summed E-state index contributed by atoms with van der Waals surface area (Å²) >= 11 is 0. The van der Waals surface area contributed by atoms with Crippen molar-refractivity contribution in [2.24, 2.45) is 0 Å². The molecule has 7 aromatic rings. The molecule has 0 spiro atoms. The van der Waals surface area contributed by atoms with Crippen molar-refractivity contribution in [3.8, 4) is 22.3 Å². The Morgan fingerprint density at radius 2 is 1.04 bits per heavy atom. The van der Waals surface area contributed by atoms with Gasteiger partial charge in [0.15, 0.2) is 0 Å². The molecule has 1 fully saturated rings. The fraction of sp³-hybridized carbons (Fsp3) is 0.143. The topological polar surface area (TPSA) is 34.8 Å². The fourth-order valence-electron chi connectivity index (χ4n) is 6.48. The van der Waals surface area contributed by atoms with Crippen LogP contribution in [-0.4, -0.2) is 18.3 Å². The number of rotatable bonds is 6. The number of furan rings is 1. The van der Waals surface area contributed by atoms with Crippen molar-refractivity contribution >= 4 is 51.6 Å². The molecule has 1 aromatic heterocycles. The first-order chi connectivity index (χ1) is 22.8. The van der Waals surface area contributed by atoms with Gasteiger partial charge in [0.1, 0.15) is 11.2 Å². The van der Waals surface area contributed by atoms with Gasteiger partial charge in [-0.15, -0.1) is 0 Å². The Labute approximate surface area is 276 Å². The Bertz CT molecular complexity index is 2190. The van der Waals surface area contributed by atoms with Crippen LogP contribution in [0.25, 0.3) is 44.2 Å². The van der Waals surface area contributed by atoms with Gasteiger partial charge in [0, 0.05) is 33.3 Å². The number of para-hydroxylation sites is 3. The van der Waals surface area contributed by atoms with Crippen molar-refractivity contribution in [1.82, 2.24) is 0 Å². The van der Waals surface area contributed by atoms with Crippen molar-refractivity contribution in [2.75, 3.05) is 4.90 Å². The second kappa shape index (κ2) is 11.3. The highest BCUT2D eigenvalue weighted by Crippen LogP contribution is 2.42. The summed E-state index contributed by atoms with van der Waals surface area (Å²) in [6.07, 6.45) is 0. The van der Waals surface area contributed by atoms with Crippen molar-refractivity contribution in [1.29, 1.82) is 0 Å². The van der Waals surface area contributed by atoms with E-state index in [-0.39, 0.29) is 0 Å². The van der Waals surface area contributed by atoms with E-state index in [0.717, 1.165) is 66.7 Å². The van der Waals surface area contributed by atoms with Crippen molar-refractivity contribution in [3.63, 3.8) is 0 Å². The van der Waals surface area contributed by atoms with Crippen LogP contribution >= 0.6 is 0 Å². The lowest BCUT2D eigenvalue weighted by Gasteiger charge is -2.32. The van der Waals surface area contributed by atoms with Crippen LogP contribution in [0.3, 0.4) is 0 Å². The van der Waals surface area contributed by atoms with Crippen molar-refractivity contribution in [2.45, 2.75) is 38.9 Å². The van der Waals surface area contributed by atoms with Crippen LogP contribution in [0.5, 0.6) is 0 Å². The zero-order valence-corrected chi connectivity index (χ0v) is 27.1. The molecule has 47 heavy (non-hydrogen) atoms. The molecule has 0 atom stereocenters. The molecule has 0 amide bonds. The van der Waals surface area contributed by atoms with Crippen LogP contribution in [-0.2, 0) is 9.31 Å². The first kappa shape index (κ1) is 29.3. The minimum atomic E-state index is -0.417. The smallest absolute Gasteiger partial charge is 0.455 e. The molecule has 230 valence electrons. The SMILES string of the molecule is CC1(C)OB(c2ccc(N(c3ccc(-c4cccc5c4oc4ccccc45)cc3)c3ccccc3-c3ccccc3)cc2)OC1(C)C. The molecule has 0 aliphatic carbocycles. The summed E-state index contributed by atoms with van der Waals surface area (Å²) in [6.45, 7) is 8.34. The lowest BCUT2D eigenvalue weighted by Crippen LogP contribution is -2.41. The van der Waals surface area contributed by atoms with Gasteiger partial charge in [-0.1, -0.05) is 109 Å². The van der Waals surface area contributed by atoms with E-state index in [2.05, 4.69) is 166 Å². The predicted octanol–water partition coefficient (Wildman–Crippen LogP) is 10.7. The third-order valence-corrected chi connectivity index (χ3v) is 9.75. The molecule has 0 unspecified atom stereocenters. The van der Waals surface area contributed by atoms with Crippen LogP contribution in [0.2, 0.25) is 0 Å². The highest BCUT2D eigenvalue weighted by atomic mass is 16.7. The number of anilines is 3. The van der Waals surface area contributed by atoms with Gasteiger partial charge >= 0.3 is 7.12 Å². The number of hydrogen-bond donors (Lipinski definition) is 0. The van der Waals surface area contributed by atoms with Gasteiger partial charge in [0.2, 0.25) is 0 Å². The fourth-order valence-corrected chi connectivity index (χ4v) is 6.48. The van der Waals surface area contributed by atoms with Gasteiger partial charge < -0.3 is 18.6 Å². The van der Waals surface area contributed by atoms with E-state index in [1.165, 1.54) is 0 Å². The molecule has 1 aliphatic heterocycles. The Hall–Kier alpha value is -5.10. The van der Waals surface area contributed by atoms with E-state index in [1.807, 2.05) is 12.1 Å². The summed E-state index contributed by atoms with van der Waals surface area (Å²) in [7, 11) is -0.417. The first-order valence-corrected chi connectivity index (χ1v) is 16.2. The maximum atomic E-state index is 6.37. The second-order valence-corrected chi connectivity index (χ2v) is 13.2. The molecule has 4 nitrogen and oxygen atoms in total. The molecule has 0 bridgehead atoms. The van der Waals surface area contributed by atoms with Gasteiger partial charge in [-0.25, -0.2) is 0 Å². The Kier molecular flexibility index (Phi) is 7.05. The molecule has 1 saturated heterocycles. The van der Waals surface area contributed by atoms with E-state index in [0.29, 0.717) is 0 Å². The first-order valence-electron chi connectivity index (χ1n) is 16.2. The molecule has 1 aliphatic rings. The molecular weight excluding hydrogens is 577 g/mol. The Morgan fingerprint density at radius 1 is 0.489 bits per heavy atom. The molecule has 5 heteroatoms. The molecule has 2 heterocycles. The van der Waals surface area contributed by atoms with Gasteiger partial charge in [0.05, 0.1) is 16.9 Å². The van der Waals surface area contributed by atoms with Gasteiger partial charge in [-0.3, -0.25) is 0 Å². The minimum absolute atomic E-state index is 0.397. The van der Waals surface area contributed by atoms with Crippen molar-refractivity contribution in [3.05, 3.63) is 146 Å². The van der Waals surface area contributed by atoms with E-state index in [4.69, 9.17) is 13.7 Å². The third kappa shape index (κ3) is 5.13. The monoisotopic (exact) mass is 613 g/mol. The van der Waals surface area contributed by atoms with E-state index >= 15 is 0 Å². The molecule has 0 N–H and O–H groups in total. The summed E-state index contributed by atoms with van der Waals surface area (Å²) in [4.78, 5) is 2.32. The number of hydrogen-bond acceptors (Lipinski definition) is 4. The second-order valence-electron chi connectivity index (χ2n) is 13.2. The van der Waals surface area contributed by atoms with Gasteiger partial charge in [-0.2, -0.15) is 0 Å². The number of benzene rings is 6. The highest BCUT2D eigenvalue weighted by Gasteiger charge is 2.51. The van der Waals surface area contributed by atoms with Crippen LogP contribution in [0, 0.1) is 0 Å². The average molecular weight is 614 g/mol. The van der Waals surface area contributed by atoms with Crippen LogP contribution in [0.4, 0.5) is 17.1 Å². The minimum Gasteiger partial charge on any atom is -0.455 e. The highest BCUT2D eigenvalue weighted by molar-refractivity contribution is 6.62. The summed E-state index contributed by atoms with van der Waals surface area (Å²) in [5.41, 5.74) is 9.70.